The first-order valence-electron chi connectivity index (χ1n) is 3.53. The number of methoxy groups -OCH3 is 1. The molecule has 0 fully saturated rings. The van der Waals surface area contributed by atoms with Crippen molar-refractivity contribution >= 4 is 11.3 Å². The molecule has 0 aliphatic heterocycles. The number of hydrogen-bond donors (Lipinski definition) is 1. The number of thiophene rings is 1. The SMILES string of the molecule is COCC(N)c1cscc1C. The summed E-state index contributed by atoms with van der Waals surface area (Å²) < 4.78 is 4.96. The summed E-state index contributed by atoms with van der Waals surface area (Å²) >= 11 is 1.68. The molecule has 0 saturated heterocycles. The Labute approximate surface area is 71.0 Å². The Morgan fingerprint density at radius 3 is 2.82 bits per heavy atom. The fourth-order valence-corrected chi connectivity index (χ4v) is 1.94. The van der Waals surface area contributed by atoms with Gasteiger partial charge in [-0.2, -0.15) is 11.3 Å². The van der Waals surface area contributed by atoms with Gasteiger partial charge in [-0.3, -0.25) is 0 Å². The molecule has 0 saturated carbocycles. The van der Waals surface area contributed by atoms with Crippen LogP contribution in [0.15, 0.2) is 10.8 Å². The van der Waals surface area contributed by atoms with Gasteiger partial charge in [-0.1, -0.05) is 0 Å². The van der Waals surface area contributed by atoms with E-state index in [1.54, 1.807) is 18.4 Å². The minimum absolute atomic E-state index is 0.0336. The van der Waals surface area contributed by atoms with Gasteiger partial charge in [0.15, 0.2) is 0 Å². The zero-order valence-corrected chi connectivity index (χ0v) is 7.65. The second-order valence-electron chi connectivity index (χ2n) is 2.57. The standard InChI is InChI=1S/C8H13NOS/c1-6-4-11-5-7(6)8(9)3-10-2/h4-5,8H,3,9H2,1-2H3. The summed E-state index contributed by atoms with van der Waals surface area (Å²) in [6.45, 7) is 2.67. The maximum atomic E-state index is 5.83. The van der Waals surface area contributed by atoms with Crippen LogP contribution in [0.2, 0.25) is 0 Å². The van der Waals surface area contributed by atoms with Crippen LogP contribution in [0.25, 0.3) is 0 Å². The molecule has 1 unspecified atom stereocenters. The maximum Gasteiger partial charge on any atom is 0.0655 e. The van der Waals surface area contributed by atoms with E-state index in [-0.39, 0.29) is 6.04 Å². The van der Waals surface area contributed by atoms with Gasteiger partial charge in [0.25, 0.3) is 0 Å². The van der Waals surface area contributed by atoms with Crippen molar-refractivity contribution in [2.24, 2.45) is 5.73 Å². The lowest BCUT2D eigenvalue weighted by atomic mass is 10.1. The normalized spacial score (nSPS) is 13.4. The third-order valence-corrected chi connectivity index (χ3v) is 2.52. The quantitative estimate of drug-likeness (QED) is 0.751. The number of nitrogens with two attached hydrogens (primary N) is 1. The Morgan fingerprint density at radius 2 is 2.36 bits per heavy atom. The lowest BCUT2D eigenvalue weighted by molar-refractivity contribution is 0.181. The topological polar surface area (TPSA) is 35.2 Å². The zero-order valence-electron chi connectivity index (χ0n) is 6.83. The van der Waals surface area contributed by atoms with E-state index >= 15 is 0 Å². The smallest absolute Gasteiger partial charge is 0.0655 e. The summed E-state index contributed by atoms with van der Waals surface area (Å²) in [7, 11) is 1.67. The van der Waals surface area contributed by atoms with Crippen molar-refractivity contribution in [2.75, 3.05) is 13.7 Å². The minimum atomic E-state index is 0.0336. The summed E-state index contributed by atoms with van der Waals surface area (Å²) in [4.78, 5) is 0. The lowest BCUT2D eigenvalue weighted by Gasteiger charge is -2.09. The van der Waals surface area contributed by atoms with Crippen LogP contribution in [0.3, 0.4) is 0 Å². The summed E-state index contributed by atoms with van der Waals surface area (Å²) in [5.41, 5.74) is 8.30. The van der Waals surface area contributed by atoms with Crippen LogP contribution in [0, 0.1) is 6.92 Å². The highest BCUT2D eigenvalue weighted by molar-refractivity contribution is 7.08. The van der Waals surface area contributed by atoms with Gasteiger partial charge in [-0.25, -0.2) is 0 Å². The molecule has 0 bridgehead atoms. The summed E-state index contributed by atoms with van der Waals surface area (Å²) in [6, 6.07) is 0.0336. The molecule has 0 radical (unpaired) electrons. The van der Waals surface area contributed by atoms with Crippen LogP contribution in [0.4, 0.5) is 0 Å². The van der Waals surface area contributed by atoms with Crippen LogP contribution < -0.4 is 5.73 Å². The molecule has 1 aromatic heterocycles. The van der Waals surface area contributed by atoms with E-state index in [1.807, 2.05) is 0 Å². The highest BCUT2D eigenvalue weighted by Crippen LogP contribution is 2.19. The molecule has 3 heteroatoms. The predicted molar refractivity (Wildman–Crippen MR) is 47.9 cm³/mol. The van der Waals surface area contributed by atoms with Crippen molar-refractivity contribution < 1.29 is 4.74 Å². The van der Waals surface area contributed by atoms with Gasteiger partial charge < -0.3 is 10.5 Å². The zero-order chi connectivity index (χ0) is 8.27. The number of rotatable bonds is 3. The van der Waals surface area contributed by atoms with E-state index in [9.17, 15) is 0 Å². The molecular formula is C8H13NOS. The largest absolute Gasteiger partial charge is 0.383 e. The van der Waals surface area contributed by atoms with Gasteiger partial charge in [-0.15, -0.1) is 0 Å². The van der Waals surface area contributed by atoms with Crippen molar-refractivity contribution in [1.29, 1.82) is 0 Å². The van der Waals surface area contributed by atoms with E-state index in [1.165, 1.54) is 11.1 Å². The second kappa shape index (κ2) is 3.85. The van der Waals surface area contributed by atoms with Crippen molar-refractivity contribution in [3.05, 3.63) is 21.9 Å². The van der Waals surface area contributed by atoms with Gasteiger partial charge in [0.1, 0.15) is 0 Å². The predicted octanol–water partition coefficient (Wildman–Crippen LogP) is 1.70. The molecule has 1 heterocycles. The summed E-state index contributed by atoms with van der Waals surface area (Å²) in [5.74, 6) is 0. The molecule has 1 rings (SSSR count). The van der Waals surface area contributed by atoms with Crippen molar-refractivity contribution in [1.82, 2.24) is 0 Å². The average Bonchev–Trinajstić information content (AvgIpc) is 2.36. The third-order valence-electron chi connectivity index (χ3n) is 1.64. The monoisotopic (exact) mass is 171 g/mol. The minimum Gasteiger partial charge on any atom is -0.383 e. The van der Waals surface area contributed by atoms with Crippen LogP contribution in [0.5, 0.6) is 0 Å². The highest BCUT2D eigenvalue weighted by atomic mass is 32.1. The van der Waals surface area contributed by atoms with Gasteiger partial charge in [0, 0.05) is 7.11 Å². The number of hydrogen-bond acceptors (Lipinski definition) is 3. The molecule has 0 amide bonds. The first kappa shape index (κ1) is 8.71. The molecule has 0 aliphatic carbocycles. The Kier molecular flexibility index (Phi) is 3.05. The Morgan fingerprint density at radius 1 is 1.64 bits per heavy atom. The van der Waals surface area contributed by atoms with Crippen LogP contribution >= 0.6 is 11.3 Å². The van der Waals surface area contributed by atoms with Crippen molar-refractivity contribution in [3.63, 3.8) is 0 Å². The molecule has 2 nitrogen and oxygen atoms in total. The molecule has 0 aliphatic rings. The van der Waals surface area contributed by atoms with Crippen LogP contribution in [-0.2, 0) is 4.74 Å². The van der Waals surface area contributed by atoms with Crippen LogP contribution in [0.1, 0.15) is 17.2 Å². The lowest BCUT2D eigenvalue weighted by Crippen LogP contribution is -2.16. The van der Waals surface area contributed by atoms with E-state index in [0.29, 0.717) is 6.61 Å². The Bertz CT molecular complexity index is 222. The first-order chi connectivity index (χ1) is 5.25. The number of ether oxygens (including phenoxy) is 1. The van der Waals surface area contributed by atoms with Crippen LogP contribution in [-0.4, -0.2) is 13.7 Å². The molecule has 2 N–H and O–H groups in total. The molecule has 11 heavy (non-hydrogen) atoms. The maximum absolute atomic E-state index is 5.83. The molecule has 0 aromatic carbocycles. The van der Waals surface area contributed by atoms with E-state index < -0.39 is 0 Å². The van der Waals surface area contributed by atoms with Gasteiger partial charge >= 0.3 is 0 Å². The average molecular weight is 171 g/mol. The summed E-state index contributed by atoms with van der Waals surface area (Å²) in [6.07, 6.45) is 0. The fraction of sp³-hybridized carbons (Fsp3) is 0.500. The molecular weight excluding hydrogens is 158 g/mol. The summed E-state index contributed by atoms with van der Waals surface area (Å²) in [5, 5.41) is 4.18. The fourth-order valence-electron chi connectivity index (χ4n) is 1.02. The first-order valence-corrected chi connectivity index (χ1v) is 4.47. The molecule has 1 aromatic rings. The Hall–Kier alpha value is -0.380. The second-order valence-corrected chi connectivity index (χ2v) is 3.32. The van der Waals surface area contributed by atoms with Crippen molar-refractivity contribution in [2.45, 2.75) is 13.0 Å². The third kappa shape index (κ3) is 2.02. The van der Waals surface area contributed by atoms with E-state index in [4.69, 9.17) is 10.5 Å². The van der Waals surface area contributed by atoms with Gasteiger partial charge in [0.2, 0.25) is 0 Å². The van der Waals surface area contributed by atoms with E-state index in [2.05, 4.69) is 17.7 Å². The Balaban J connectivity index is 2.67. The molecule has 62 valence electrons. The van der Waals surface area contributed by atoms with Gasteiger partial charge in [0.05, 0.1) is 12.6 Å². The molecule has 0 spiro atoms. The van der Waals surface area contributed by atoms with E-state index in [0.717, 1.165) is 0 Å². The molecule has 1 atom stereocenters. The number of aryl methyl sites for hydroxylation is 1. The highest BCUT2D eigenvalue weighted by Gasteiger charge is 2.08. The van der Waals surface area contributed by atoms with Crippen molar-refractivity contribution in [3.8, 4) is 0 Å². The van der Waals surface area contributed by atoms with Gasteiger partial charge in [-0.05, 0) is 28.8 Å².